The fourth-order valence-electron chi connectivity index (χ4n) is 3.19. The van der Waals surface area contributed by atoms with Crippen LogP contribution in [0.4, 0.5) is 13.2 Å². The number of ether oxygens (including phenoxy) is 1. The van der Waals surface area contributed by atoms with Gasteiger partial charge in [0.15, 0.2) is 0 Å². The molecule has 2 aromatic carbocycles. The van der Waals surface area contributed by atoms with Crippen LogP contribution in [0.25, 0.3) is 11.4 Å². The van der Waals surface area contributed by atoms with E-state index in [-0.39, 0.29) is 23.8 Å². The first-order valence-electron chi connectivity index (χ1n) is 9.35. The monoisotopic (exact) mass is 464 g/mol. The van der Waals surface area contributed by atoms with E-state index in [9.17, 15) is 21.6 Å². The van der Waals surface area contributed by atoms with E-state index >= 15 is 0 Å². The minimum Gasteiger partial charge on any atom is -0.489 e. The van der Waals surface area contributed by atoms with Gasteiger partial charge in [-0.1, -0.05) is 5.16 Å². The minimum atomic E-state index is -4.72. The van der Waals surface area contributed by atoms with E-state index in [1.165, 1.54) is 52.8 Å². The quantitative estimate of drug-likeness (QED) is 0.569. The Morgan fingerprint density at radius 3 is 2.41 bits per heavy atom. The fourth-order valence-corrected chi connectivity index (χ4v) is 4.68. The van der Waals surface area contributed by atoms with Gasteiger partial charge in [-0.05, 0) is 55.0 Å². The normalized spacial score (nSPS) is 17.2. The third-order valence-corrected chi connectivity index (χ3v) is 6.69. The van der Waals surface area contributed by atoms with Gasteiger partial charge in [0.25, 0.3) is 0 Å². The van der Waals surface area contributed by atoms with Gasteiger partial charge in [-0.25, -0.2) is 8.42 Å². The van der Waals surface area contributed by atoms with Gasteiger partial charge >= 0.3 is 12.1 Å². The summed E-state index contributed by atoms with van der Waals surface area (Å²) < 4.78 is 74.7. The molecule has 1 atom stereocenters. The van der Waals surface area contributed by atoms with Gasteiger partial charge < -0.3 is 9.26 Å². The van der Waals surface area contributed by atoms with E-state index in [2.05, 4.69) is 14.7 Å². The van der Waals surface area contributed by atoms with Crippen LogP contribution in [0.2, 0.25) is 0 Å². The Morgan fingerprint density at radius 2 is 1.81 bits per heavy atom. The molecule has 1 fully saturated rings. The van der Waals surface area contributed by atoms with Gasteiger partial charge in [0, 0.05) is 12.1 Å². The number of halogens is 3. The topological polar surface area (TPSA) is 109 Å². The molecule has 166 valence electrons. The molecule has 4 rings (SSSR count). The van der Waals surface area contributed by atoms with Crippen LogP contribution in [0, 0.1) is 11.3 Å². The Kier molecular flexibility index (Phi) is 5.62. The number of alkyl halides is 3. The molecule has 0 amide bonds. The van der Waals surface area contributed by atoms with Gasteiger partial charge in [-0.15, -0.1) is 0 Å². The lowest BCUT2D eigenvalue weighted by Gasteiger charge is -2.17. The molecule has 0 radical (unpaired) electrons. The van der Waals surface area contributed by atoms with E-state index in [0.29, 0.717) is 23.3 Å². The first-order chi connectivity index (χ1) is 15.2. The number of sulfonamides is 1. The molecule has 0 N–H and O–H groups in total. The van der Waals surface area contributed by atoms with Crippen molar-refractivity contribution < 1.29 is 30.8 Å². The average Bonchev–Trinajstić information content (AvgIpc) is 3.45. The standard InChI is InChI=1S/C20H15F3N4O4S/c21-20(22,23)19-25-18(26-31-19)14-3-5-15(6-4-14)30-16-9-10-27(12-16)32(28,29)17-7-1-13(11-24)2-8-17/h1-8,16H,9-10,12H2/t16-/m1/s1. The smallest absolute Gasteiger partial charge is 0.471 e. The molecule has 1 aliphatic heterocycles. The predicted octanol–water partition coefficient (Wildman–Crippen LogP) is 3.47. The molecule has 1 saturated heterocycles. The Labute approximate surface area is 180 Å². The highest BCUT2D eigenvalue weighted by molar-refractivity contribution is 7.89. The van der Waals surface area contributed by atoms with Crippen LogP contribution in [0.5, 0.6) is 5.75 Å². The largest absolute Gasteiger partial charge is 0.489 e. The number of hydrogen-bond donors (Lipinski definition) is 0. The molecule has 1 aliphatic rings. The highest BCUT2D eigenvalue weighted by Gasteiger charge is 2.38. The van der Waals surface area contributed by atoms with Gasteiger partial charge in [-0.2, -0.15) is 27.7 Å². The van der Waals surface area contributed by atoms with Crippen molar-refractivity contribution in [1.82, 2.24) is 14.4 Å². The number of hydrogen-bond acceptors (Lipinski definition) is 7. The SMILES string of the molecule is N#Cc1ccc(S(=O)(=O)N2CC[C@@H](Oc3ccc(-c4noc(C(F)(F)F)n4)cc3)C2)cc1. The second-order valence-corrected chi connectivity index (χ2v) is 8.91. The Morgan fingerprint density at radius 1 is 1.12 bits per heavy atom. The zero-order valence-electron chi connectivity index (χ0n) is 16.3. The van der Waals surface area contributed by atoms with Crippen LogP contribution in [0.15, 0.2) is 57.9 Å². The molecule has 0 unspecified atom stereocenters. The van der Waals surface area contributed by atoms with Crippen LogP contribution in [0.1, 0.15) is 17.9 Å². The van der Waals surface area contributed by atoms with Crippen molar-refractivity contribution in [3.63, 3.8) is 0 Å². The third kappa shape index (κ3) is 4.44. The first kappa shape index (κ1) is 21.8. The second-order valence-electron chi connectivity index (χ2n) is 6.97. The maximum absolute atomic E-state index is 12.8. The van der Waals surface area contributed by atoms with Crippen molar-refractivity contribution in [1.29, 1.82) is 5.26 Å². The number of nitrogens with zero attached hydrogens (tertiary/aromatic N) is 4. The van der Waals surface area contributed by atoms with Crippen molar-refractivity contribution in [3.8, 4) is 23.2 Å². The molecule has 0 spiro atoms. The molecule has 0 bridgehead atoms. The number of rotatable bonds is 5. The van der Waals surface area contributed by atoms with Crippen LogP contribution < -0.4 is 4.74 Å². The highest BCUT2D eigenvalue weighted by atomic mass is 32.2. The summed E-state index contributed by atoms with van der Waals surface area (Å²) in [6.07, 6.45) is -4.64. The molecular formula is C20H15F3N4O4S. The summed E-state index contributed by atoms with van der Waals surface area (Å²) in [7, 11) is -3.72. The molecule has 12 heteroatoms. The maximum atomic E-state index is 12.8. The summed E-state index contributed by atoms with van der Waals surface area (Å²) in [5.41, 5.74) is 0.679. The lowest BCUT2D eigenvalue weighted by molar-refractivity contribution is -0.159. The van der Waals surface area contributed by atoms with Gasteiger partial charge in [0.1, 0.15) is 11.9 Å². The summed E-state index contributed by atoms with van der Waals surface area (Å²) in [6, 6.07) is 13.7. The van der Waals surface area contributed by atoms with Crippen LogP contribution >= 0.6 is 0 Å². The molecule has 32 heavy (non-hydrogen) atoms. The Balaban J connectivity index is 1.40. The first-order valence-corrected chi connectivity index (χ1v) is 10.8. The van der Waals surface area contributed by atoms with Crippen molar-refractivity contribution in [2.75, 3.05) is 13.1 Å². The van der Waals surface area contributed by atoms with Crippen LogP contribution in [-0.2, 0) is 16.2 Å². The van der Waals surface area contributed by atoms with E-state index in [4.69, 9.17) is 10.00 Å². The fraction of sp³-hybridized carbons (Fsp3) is 0.250. The van der Waals surface area contributed by atoms with E-state index < -0.39 is 28.2 Å². The molecule has 1 aromatic heterocycles. The van der Waals surface area contributed by atoms with Crippen LogP contribution in [-0.4, -0.2) is 42.1 Å². The zero-order chi connectivity index (χ0) is 22.9. The molecule has 0 saturated carbocycles. The van der Waals surface area contributed by atoms with E-state index in [1.807, 2.05) is 6.07 Å². The Bertz CT molecular complexity index is 1250. The van der Waals surface area contributed by atoms with Crippen molar-refractivity contribution >= 4 is 10.0 Å². The number of nitriles is 1. The Hall–Kier alpha value is -3.43. The molecule has 2 heterocycles. The molecule has 3 aromatic rings. The summed E-state index contributed by atoms with van der Waals surface area (Å²) >= 11 is 0. The van der Waals surface area contributed by atoms with Crippen molar-refractivity contribution in [3.05, 3.63) is 60.0 Å². The summed E-state index contributed by atoms with van der Waals surface area (Å²) in [5, 5.41) is 12.2. The zero-order valence-corrected chi connectivity index (χ0v) is 17.1. The highest BCUT2D eigenvalue weighted by Crippen LogP contribution is 2.30. The summed E-state index contributed by atoms with van der Waals surface area (Å²) in [4.78, 5) is 3.42. The number of benzene rings is 2. The third-order valence-electron chi connectivity index (χ3n) is 4.81. The lowest BCUT2D eigenvalue weighted by Crippen LogP contribution is -2.31. The van der Waals surface area contributed by atoms with Crippen molar-refractivity contribution in [2.24, 2.45) is 0 Å². The van der Waals surface area contributed by atoms with Gasteiger partial charge in [0.2, 0.25) is 15.8 Å². The van der Waals surface area contributed by atoms with Crippen LogP contribution in [0.3, 0.4) is 0 Å². The second kappa shape index (κ2) is 8.25. The minimum absolute atomic E-state index is 0.0971. The summed E-state index contributed by atoms with van der Waals surface area (Å²) in [6.45, 7) is 0.415. The predicted molar refractivity (Wildman–Crippen MR) is 104 cm³/mol. The maximum Gasteiger partial charge on any atom is 0.471 e. The van der Waals surface area contributed by atoms with Gasteiger partial charge in [-0.3, -0.25) is 0 Å². The lowest BCUT2D eigenvalue weighted by atomic mass is 10.2. The number of aromatic nitrogens is 2. The van der Waals surface area contributed by atoms with Crippen molar-refractivity contribution in [2.45, 2.75) is 23.6 Å². The van der Waals surface area contributed by atoms with Gasteiger partial charge in [0.05, 0.1) is 23.1 Å². The molecule has 8 nitrogen and oxygen atoms in total. The average molecular weight is 464 g/mol. The van der Waals surface area contributed by atoms with E-state index in [0.717, 1.165) is 0 Å². The molecule has 0 aliphatic carbocycles. The molecular weight excluding hydrogens is 449 g/mol. The summed E-state index contributed by atoms with van der Waals surface area (Å²) in [5.74, 6) is -1.21. The van der Waals surface area contributed by atoms with E-state index in [1.54, 1.807) is 0 Å².